The summed E-state index contributed by atoms with van der Waals surface area (Å²) in [5, 5.41) is 9.70. The number of aliphatic carboxylic acids is 1. The highest BCUT2D eigenvalue weighted by molar-refractivity contribution is 5.76. The molecule has 0 saturated carbocycles. The van der Waals surface area contributed by atoms with E-state index in [9.17, 15) is 14.3 Å². The van der Waals surface area contributed by atoms with Crippen LogP contribution in [0.4, 0.5) is 4.39 Å². The number of nitrogens with zero attached hydrogens (tertiary/aromatic N) is 1. The quantitative estimate of drug-likeness (QED) is 0.923. The highest BCUT2D eigenvalue weighted by atomic mass is 19.1. The van der Waals surface area contributed by atoms with Crippen LogP contribution in [0.25, 0.3) is 0 Å². The fourth-order valence-electron chi connectivity index (χ4n) is 3.74. The molecule has 1 atom stereocenters. The van der Waals surface area contributed by atoms with E-state index in [0.29, 0.717) is 24.4 Å². The zero-order chi connectivity index (χ0) is 16.4. The molecule has 2 fully saturated rings. The van der Waals surface area contributed by atoms with Crippen molar-refractivity contribution in [3.05, 3.63) is 29.6 Å². The lowest BCUT2D eigenvalue weighted by atomic mass is 9.87. The number of rotatable bonds is 4. The highest BCUT2D eigenvalue weighted by Gasteiger charge is 2.41. The summed E-state index contributed by atoms with van der Waals surface area (Å²) in [5.41, 5.74) is 0.286. The first-order valence-corrected chi connectivity index (χ1v) is 7.99. The SMILES string of the molecule is COc1ccc(F)cc1C(C(=O)O)N1CCC2(CCCO2)CC1. The van der Waals surface area contributed by atoms with Gasteiger partial charge >= 0.3 is 5.97 Å². The molecule has 1 spiro atoms. The number of carboxylic acids is 1. The summed E-state index contributed by atoms with van der Waals surface area (Å²) in [6, 6.07) is 3.11. The van der Waals surface area contributed by atoms with Crippen LogP contribution in [-0.4, -0.2) is 48.4 Å². The fraction of sp³-hybridized carbons (Fsp3) is 0.588. The molecule has 0 radical (unpaired) electrons. The van der Waals surface area contributed by atoms with Crippen molar-refractivity contribution >= 4 is 5.97 Å². The predicted octanol–water partition coefficient (Wildman–Crippen LogP) is 2.61. The number of ether oxygens (including phenoxy) is 2. The van der Waals surface area contributed by atoms with Gasteiger partial charge in [0.05, 0.1) is 12.7 Å². The van der Waals surface area contributed by atoms with Crippen LogP contribution in [0, 0.1) is 5.82 Å². The third-order valence-electron chi connectivity index (χ3n) is 4.98. The monoisotopic (exact) mass is 323 g/mol. The van der Waals surface area contributed by atoms with E-state index in [0.717, 1.165) is 32.3 Å². The number of methoxy groups -OCH3 is 1. The van der Waals surface area contributed by atoms with E-state index in [1.165, 1.54) is 25.3 Å². The zero-order valence-corrected chi connectivity index (χ0v) is 13.3. The van der Waals surface area contributed by atoms with Gasteiger partial charge in [-0.15, -0.1) is 0 Å². The van der Waals surface area contributed by atoms with E-state index >= 15 is 0 Å². The van der Waals surface area contributed by atoms with Gasteiger partial charge in [-0.3, -0.25) is 9.69 Å². The molecule has 0 bridgehead atoms. The van der Waals surface area contributed by atoms with Gasteiger partial charge in [-0.05, 0) is 43.9 Å². The molecule has 2 aliphatic heterocycles. The van der Waals surface area contributed by atoms with Crippen molar-refractivity contribution in [1.82, 2.24) is 4.90 Å². The summed E-state index contributed by atoms with van der Waals surface area (Å²) in [7, 11) is 1.47. The average Bonchev–Trinajstić information content (AvgIpc) is 2.98. The van der Waals surface area contributed by atoms with E-state index in [4.69, 9.17) is 9.47 Å². The molecule has 3 rings (SSSR count). The number of halogens is 1. The lowest BCUT2D eigenvalue weighted by Gasteiger charge is -2.41. The van der Waals surface area contributed by atoms with Gasteiger partial charge in [0.25, 0.3) is 0 Å². The van der Waals surface area contributed by atoms with Gasteiger partial charge in [-0.25, -0.2) is 4.39 Å². The molecular weight excluding hydrogens is 301 g/mol. The Bertz CT molecular complexity index is 576. The summed E-state index contributed by atoms with van der Waals surface area (Å²) >= 11 is 0. The van der Waals surface area contributed by atoms with Gasteiger partial charge in [0.15, 0.2) is 0 Å². The molecule has 126 valence electrons. The minimum Gasteiger partial charge on any atom is -0.496 e. The maximum atomic E-state index is 13.6. The van der Waals surface area contributed by atoms with Crippen LogP contribution in [0.15, 0.2) is 18.2 Å². The summed E-state index contributed by atoms with van der Waals surface area (Å²) < 4.78 is 24.7. The van der Waals surface area contributed by atoms with Crippen LogP contribution in [0.2, 0.25) is 0 Å². The number of likely N-dealkylation sites (tertiary alicyclic amines) is 1. The van der Waals surface area contributed by atoms with Gasteiger partial charge in [-0.2, -0.15) is 0 Å². The Hall–Kier alpha value is -1.66. The van der Waals surface area contributed by atoms with Gasteiger partial charge in [0.2, 0.25) is 0 Å². The second kappa shape index (κ2) is 6.45. The Labute approximate surface area is 135 Å². The molecule has 0 aromatic heterocycles. The molecule has 0 aliphatic carbocycles. The second-order valence-electron chi connectivity index (χ2n) is 6.30. The first kappa shape index (κ1) is 16.2. The first-order chi connectivity index (χ1) is 11.0. The number of hydrogen-bond donors (Lipinski definition) is 1. The van der Waals surface area contributed by atoms with Crippen molar-refractivity contribution in [1.29, 1.82) is 0 Å². The van der Waals surface area contributed by atoms with Gasteiger partial charge in [-0.1, -0.05) is 0 Å². The van der Waals surface area contributed by atoms with Crippen molar-refractivity contribution in [2.45, 2.75) is 37.3 Å². The summed E-state index contributed by atoms with van der Waals surface area (Å²) in [5.74, 6) is -1.05. The highest BCUT2D eigenvalue weighted by Crippen LogP contribution is 2.39. The molecule has 23 heavy (non-hydrogen) atoms. The third-order valence-corrected chi connectivity index (χ3v) is 4.98. The molecule has 0 amide bonds. The lowest BCUT2D eigenvalue weighted by Crippen LogP contribution is -2.47. The second-order valence-corrected chi connectivity index (χ2v) is 6.30. The summed E-state index contributed by atoms with van der Waals surface area (Å²) in [6.45, 7) is 2.04. The van der Waals surface area contributed by atoms with E-state index in [-0.39, 0.29) is 5.60 Å². The van der Waals surface area contributed by atoms with Crippen LogP contribution in [0.5, 0.6) is 5.75 Å². The Morgan fingerprint density at radius 1 is 1.39 bits per heavy atom. The molecule has 1 aromatic rings. The molecule has 1 N–H and O–H groups in total. The molecule has 2 saturated heterocycles. The van der Waals surface area contributed by atoms with Crippen LogP contribution in [0.3, 0.4) is 0 Å². The Morgan fingerprint density at radius 2 is 2.13 bits per heavy atom. The van der Waals surface area contributed by atoms with E-state index in [2.05, 4.69) is 0 Å². The molecule has 5 nitrogen and oxygen atoms in total. The maximum Gasteiger partial charge on any atom is 0.325 e. The lowest BCUT2D eigenvalue weighted by molar-refractivity contribution is -0.146. The minimum absolute atomic E-state index is 0.0778. The number of piperidine rings is 1. The third kappa shape index (κ3) is 3.19. The summed E-state index contributed by atoms with van der Waals surface area (Å²) in [6.07, 6.45) is 3.74. The molecule has 2 heterocycles. The fourth-order valence-corrected chi connectivity index (χ4v) is 3.74. The number of carboxylic acid groups (broad SMARTS) is 1. The minimum atomic E-state index is -0.989. The van der Waals surface area contributed by atoms with Gasteiger partial charge in [0.1, 0.15) is 17.6 Å². The standard InChI is InChI=1S/C17H22FNO4/c1-22-14-4-3-12(18)11-13(14)15(16(20)21)19-8-6-17(7-9-19)5-2-10-23-17/h3-4,11,15H,2,5-10H2,1H3,(H,20,21). The van der Waals surface area contributed by atoms with Crippen LogP contribution < -0.4 is 4.74 Å². The summed E-state index contributed by atoms with van der Waals surface area (Å²) in [4.78, 5) is 13.7. The number of carbonyl (C=O) groups is 1. The van der Waals surface area contributed by atoms with Crippen molar-refractivity contribution in [2.75, 3.05) is 26.8 Å². The molecule has 2 aliphatic rings. The van der Waals surface area contributed by atoms with Crippen molar-refractivity contribution < 1.29 is 23.8 Å². The van der Waals surface area contributed by atoms with Crippen molar-refractivity contribution in [2.24, 2.45) is 0 Å². The topological polar surface area (TPSA) is 59.0 Å². The Morgan fingerprint density at radius 3 is 2.70 bits per heavy atom. The smallest absolute Gasteiger partial charge is 0.325 e. The van der Waals surface area contributed by atoms with Crippen molar-refractivity contribution in [3.63, 3.8) is 0 Å². The molecule has 1 aromatic carbocycles. The van der Waals surface area contributed by atoms with Gasteiger partial charge < -0.3 is 14.6 Å². The average molecular weight is 323 g/mol. The van der Waals surface area contributed by atoms with Crippen LogP contribution in [-0.2, 0) is 9.53 Å². The van der Waals surface area contributed by atoms with E-state index < -0.39 is 17.8 Å². The van der Waals surface area contributed by atoms with Gasteiger partial charge in [0, 0.05) is 25.3 Å². The largest absolute Gasteiger partial charge is 0.496 e. The number of benzene rings is 1. The zero-order valence-electron chi connectivity index (χ0n) is 13.3. The molecule has 6 heteroatoms. The molecular formula is C17H22FNO4. The van der Waals surface area contributed by atoms with Crippen LogP contribution >= 0.6 is 0 Å². The van der Waals surface area contributed by atoms with E-state index in [1.54, 1.807) is 0 Å². The van der Waals surface area contributed by atoms with Crippen LogP contribution in [0.1, 0.15) is 37.3 Å². The molecule has 1 unspecified atom stereocenters. The van der Waals surface area contributed by atoms with Crippen molar-refractivity contribution in [3.8, 4) is 5.75 Å². The Kier molecular flexibility index (Phi) is 4.55. The number of hydrogen-bond acceptors (Lipinski definition) is 4. The predicted molar refractivity (Wildman–Crippen MR) is 82.1 cm³/mol. The maximum absolute atomic E-state index is 13.6. The van der Waals surface area contributed by atoms with E-state index in [1.807, 2.05) is 4.90 Å². The Balaban J connectivity index is 1.83. The normalized spacial score (nSPS) is 22.2. The first-order valence-electron chi connectivity index (χ1n) is 7.99.